The van der Waals surface area contributed by atoms with Crippen LogP contribution in [-0.4, -0.2) is 61.7 Å². The van der Waals surface area contributed by atoms with Crippen LogP contribution in [-0.2, 0) is 24.1 Å². The number of hydrogen-bond donors (Lipinski definition) is 0. The third-order valence-electron chi connectivity index (χ3n) is 5.54. The Labute approximate surface area is 190 Å². The van der Waals surface area contributed by atoms with Crippen molar-refractivity contribution in [3.8, 4) is 5.88 Å². The first-order chi connectivity index (χ1) is 15.0. The molecule has 0 spiro atoms. The van der Waals surface area contributed by atoms with E-state index in [0.717, 1.165) is 31.3 Å². The van der Waals surface area contributed by atoms with Gasteiger partial charge in [-0.25, -0.2) is 4.98 Å². The van der Waals surface area contributed by atoms with Crippen LogP contribution in [0.2, 0.25) is 0 Å². The summed E-state index contributed by atoms with van der Waals surface area (Å²) < 4.78 is 60.4. The molecule has 0 bridgehead atoms. The molecule has 0 aromatic carbocycles. The number of hydrogen-bond acceptors (Lipinski definition) is 6. The Balaban J connectivity index is 1.70. The van der Waals surface area contributed by atoms with E-state index in [0.29, 0.717) is 30.2 Å². The van der Waals surface area contributed by atoms with Crippen molar-refractivity contribution in [2.45, 2.75) is 45.8 Å². The van der Waals surface area contributed by atoms with E-state index in [1.165, 1.54) is 4.09 Å². The number of aromatic nitrogens is 3. The molecule has 2 aromatic heterocycles. The minimum absolute atomic E-state index is 0.0375. The molecule has 1 aliphatic heterocycles. The molecule has 0 radical (unpaired) electrons. The molecular weight excluding hydrogens is 443 g/mol. The van der Waals surface area contributed by atoms with Crippen LogP contribution in [0.3, 0.4) is 0 Å². The van der Waals surface area contributed by atoms with Gasteiger partial charge in [0.05, 0.1) is 18.3 Å². The Hall–Kier alpha value is -1.82. The average molecular weight is 474 g/mol. The van der Waals surface area contributed by atoms with E-state index in [1.807, 2.05) is 19.9 Å². The molecule has 1 saturated heterocycles. The molecule has 3 atom stereocenters. The lowest BCUT2D eigenvalue weighted by Gasteiger charge is -2.22. The maximum absolute atomic E-state index is 13.1. The third-order valence-corrected chi connectivity index (χ3v) is 6.72. The van der Waals surface area contributed by atoms with E-state index in [9.17, 15) is 17.7 Å². The summed E-state index contributed by atoms with van der Waals surface area (Å²) in [6, 6.07) is 4.66. The average Bonchev–Trinajstić information content (AvgIpc) is 3.33. The summed E-state index contributed by atoms with van der Waals surface area (Å²) in [5, 5.41) is 4.53. The summed E-state index contributed by atoms with van der Waals surface area (Å²) in [5.41, 5.74) is 0.955. The number of halogens is 3. The van der Waals surface area contributed by atoms with Gasteiger partial charge >= 0.3 is 6.18 Å². The molecule has 3 rings (SSSR count). The predicted molar refractivity (Wildman–Crippen MR) is 116 cm³/mol. The molecule has 2 aromatic rings. The second kappa shape index (κ2) is 9.98. The molecule has 3 heterocycles. The topological polar surface area (TPSA) is 69.5 Å². The molecule has 0 aliphatic carbocycles. The van der Waals surface area contributed by atoms with Crippen molar-refractivity contribution in [3.05, 3.63) is 40.8 Å². The molecule has 7 nitrogen and oxygen atoms in total. The maximum Gasteiger partial charge on any atom is 0.433 e. The lowest BCUT2D eigenvalue weighted by molar-refractivity contribution is -0.141. The van der Waals surface area contributed by atoms with Crippen molar-refractivity contribution in [2.75, 3.05) is 33.8 Å². The zero-order chi connectivity index (χ0) is 23.6. The zero-order valence-electron chi connectivity index (χ0n) is 19.0. The van der Waals surface area contributed by atoms with Gasteiger partial charge in [-0.3, -0.25) is 4.90 Å². The molecule has 11 heteroatoms. The summed E-state index contributed by atoms with van der Waals surface area (Å²) in [6.45, 7) is 7.47. The Bertz CT molecular complexity index is 921. The van der Waals surface area contributed by atoms with Gasteiger partial charge in [0.1, 0.15) is 5.69 Å². The van der Waals surface area contributed by atoms with Crippen molar-refractivity contribution in [3.63, 3.8) is 0 Å². The maximum atomic E-state index is 13.1. The number of likely N-dealkylation sites (tertiary alicyclic amines) is 1. The summed E-state index contributed by atoms with van der Waals surface area (Å²) >= 11 is -1.49. The smallest absolute Gasteiger partial charge is 0.433 e. The van der Waals surface area contributed by atoms with E-state index in [-0.39, 0.29) is 12.0 Å². The van der Waals surface area contributed by atoms with E-state index in [1.54, 1.807) is 31.4 Å². The summed E-state index contributed by atoms with van der Waals surface area (Å²) in [5.74, 6) is 0.689. The highest BCUT2D eigenvalue weighted by molar-refractivity contribution is 7.87. The lowest BCUT2D eigenvalue weighted by atomic mass is 9.98. The third kappa shape index (κ3) is 5.75. The number of rotatable bonds is 8. The molecule has 3 unspecified atom stereocenters. The fourth-order valence-electron chi connectivity index (χ4n) is 3.98. The van der Waals surface area contributed by atoms with E-state index < -0.39 is 23.4 Å². The van der Waals surface area contributed by atoms with Crippen molar-refractivity contribution >= 4 is 11.5 Å². The summed E-state index contributed by atoms with van der Waals surface area (Å²) in [6.07, 6.45) is -2.99. The van der Waals surface area contributed by atoms with Crippen molar-refractivity contribution in [2.24, 2.45) is 5.92 Å². The van der Waals surface area contributed by atoms with Gasteiger partial charge in [0.15, 0.2) is 11.5 Å². The van der Waals surface area contributed by atoms with Crippen LogP contribution in [0.25, 0.3) is 0 Å². The van der Waals surface area contributed by atoms with E-state index >= 15 is 0 Å². The first-order valence-corrected chi connectivity index (χ1v) is 11.7. The molecular formula is C21H30F3N5O2S. The Morgan fingerprint density at radius 3 is 2.66 bits per heavy atom. The molecule has 0 N–H and O–H groups in total. The van der Waals surface area contributed by atoms with Crippen LogP contribution in [0.1, 0.15) is 49.0 Å². The SMILES string of the molecule is CCOc1cc(C(C)N2CCC(Cc3cc(C)nc(C(F)(F)F)c3)C2)nn1[S+]([O-])N(C)C. The van der Waals surface area contributed by atoms with Crippen molar-refractivity contribution in [1.29, 1.82) is 0 Å². The minimum Gasteiger partial charge on any atom is -0.572 e. The lowest BCUT2D eigenvalue weighted by Crippen LogP contribution is -2.31. The minimum atomic E-state index is -4.44. The van der Waals surface area contributed by atoms with Gasteiger partial charge in [0, 0.05) is 32.4 Å². The van der Waals surface area contributed by atoms with Gasteiger partial charge < -0.3 is 9.29 Å². The van der Waals surface area contributed by atoms with Gasteiger partial charge in [-0.1, -0.05) is 0 Å². The number of pyridine rings is 1. The number of alkyl halides is 3. The fraction of sp³-hybridized carbons (Fsp3) is 0.619. The molecule has 1 aliphatic rings. The molecule has 178 valence electrons. The van der Waals surface area contributed by atoms with Crippen LogP contribution in [0.4, 0.5) is 13.2 Å². The van der Waals surface area contributed by atoms with Gasteiger partial charge in [0.2, 0.25) is 0 Å². The van der Waals surface area contributed by atoms with E-state index in [4.69, 9.17) is 4.74 Å². The second-order valence-electron chi connectivity index (χ2n) is 8.29. The van der Waals surface area contributed by atoms with Crippen LogP contribution in [0.15, 0.2) is 18.2 Å². The second-order valence-corrected chi connectivity index (χ2v) is 9.82. The largest absolute Gasteiger partial charge is 0.572 e. The van der Waals surface area contributed by atoms with Crippen LogP contribution >= 0.6 is 0 Å². The molecule has 1 fully saturated rings. The van der Waals surface area contributed by atoms with Gasteiger partial charge in [-0.15, -0.1) is 9.40 Å². The van der Waals surface area contributed by atoms with Gasteiger partial charge in [-0.05, 0) is 67.9 Å². The van der Waals surface area contributed by atoms with Crippen LogP contribution < -0.4 is 4.74 Å². The fourth-order valence-corrected chi connectivity index (χ4v) is 4.72. The quantitative estimate of drug-likeness (QED) is 0.546. The number of aryl methyl sites for hydroxylation is 1. The monoisotopic (exact) mass is 473 g/mol. The van der Waals surface area contributed by atoms with Crippen molar-refractivity contribution in [1.82, 2.24) is 23.4 Å². The number of ether oxygens (including phenoxy) is 1. The highest BCUT2D eigenvalue weighted by Crippen LogP contribution is 2.33. The zero-order valence-corrected chi connectivity index (χ0v) is 19.8. The highest BCUT2D eigenvalue weighted by Gasteiger charge is 2.34. The molecule has 32 heavy (non-hydrogen) atoms. The van der Waals surface area contributed by atoms with Crippen molar-refractivity contribution < 1.29 is 22.5 Å². The standard InChI is InChI=1S/C21H30F3N5O2S/c1-6-31-20-12-18(26-29(20)32(30)27(4)5)15(3)28-8-7-16(13-28)10-17-9-14(2)25-19(11-17)21(22,23)24/h9,11-12,15-16H,6-8,10,13H2,1-5H3. The molecule has 0 saturated carbocycles. The van der Waals surface area contributed by atoms with Crippen LogP contribution in [0.5, 0.6) is 5.88 Å². The summed E-state index contributed by atoms with van der Waals surface area (Å²) in [7, 11) is 3.40. The first kappa shape index (κ1) is 24.8. The Morgan fingerprint density at radius 1 is 1.31 bits per heavy atom. The predicted octanol–water partition coefficient (Wildman–Crippen LogP) is 3.62. The Morgan fingerprint density at radius 2 is 2.03 bits per heavy atom. The first-order valence-electron chi connectivity index (χ1n) is 10.6. The number of nitrogens with zero attached hydrogens (tertiary/aromatic N) is 5. The Kier molecular flexibility index (Phi) is 7.74. The van der Waals surface area contributed by atoms with Gasteiger partial charge in [-0.2, -0.15) is 13.2 Å². The summed E-state index contributed by atoms with van der Waals surface area (Å²) in [4.78, 5) is 5.88. The van der Waals surface area contributed by atoms with Gasteiger partial charge in [0.25, 0.3) is 5.88 Å². The van der Waals surface area contributed by atoms with E-state index in [2.05, 4.69) is 15.0 Å². The van der Waals surface area contributed by atoms with Crippen LogP contribution in [0, 0.1) is 12.8 Å². The highest BCUT2D eigenvalue weighted by atomic mass is 32.2. The molecule has 0 amide bonds. The normalized spacial score (nSPS) is 19.5.